The van der Waals surface area contributed by atoms with Crippen molar-refractivity contribution in [1.29, 1.82) is 0 Å². The van der Waals surface area contributed by atoms with E-state index in [2.05, 4.69) is 4.74 Å². The van der Waals surface area contributed by atoms with Gasteiger partial charge < -0.3 is 9.47 Å². The average molecular weight is 256 g/mol. The molecule has 0 unspecified atom stereocenters. The van der Waals surface area contributed by atoms with Gasteiger partial charge in [-0.25, -0.2) is 4.79 Å². The van der Waals surface area contributed by atoms with Crippen LogP contribution in [-0.4, -0.2) is 13.1 Å². The highest BCUT2D eigenvalue weighted by molar-refractivity contribution is 5.89. The van der Waals surface area contributed by atoms with E-state index in [1.54, 1.807) is 24.3 Å². The van der Waals surface area contributed by atoms with Gasteiger partial charge in [-0.15, -0.1) is 0 Å². The molecular weight excluding hydrogens is 240 g/mol. The van der Waals surface area contributed by atoms with Crippen molar-refractivity contribution in [2.24, 2.45) is 0 Å². The van der Waals surface area contributed by atoms with E-state index in [4.69, 9.17) is 4.74 Å². The van der Waals surface area contributed by atoms with Gasteiger partial charge in [0.05, 0.1) is 12.7 Å². The van der Waals surface area contributed by atoms with Gasteiger partial charge in [0.15, 0.2) is 0 Å². The molecule has 0 saturated carbocycles. The summed E-state index contributed by atoms with van der Waals surface area (Å²) in [5.41, 5.74) is 2.73. The van der Waals surface area contributed by atoms with E-state index in [1.807, 2.05) is 32.0 Å². The number of esters is 1. The molecule has 0 atom stereocenters. The number of carbonyl (C=O) groups is 1. The topological polar surface area (TPSA) is 35.5 Å². The third-order valence-corrected chi connectivity index (χ3v) is 2.85. The van der Waals surface area contributed by atoms with Gasteiger partial charge in [0.2, 0.25) is 0 Å². The summed E-state index contributed by atoms with van der Waals surface area (Å²) in [4.78, 5) is 11.3. The molecule has 2 rings (SSSR count). The van der Waals surface area contributed by atoms with Crippen molar-refractivity contribution in [2.45, 2.75) is 13.8 Å². The van der Waals surface area contributed by atoms with Crippen LogP contribution in [0, 0.1) is 13.8 Å². The van der Waals surface area contributed by atoms with Gasteiger partial charge in [0.25, 0.3) is 0 Å². The summed E-state index contributed by atoms with van der Waals surface area (Å²) in [5.74, 6) is 1.17. The minimum Gasteiger partial charge on any atom is -0.465 e. The predicted molar refractivity (Wildman–Crippen MR) is 73.8 cm³/mol. The van der Waals surface area contributed by atoms with Crippen LogP contribution < -0.4 is 4.74 Å². The molecule has 0 heterocycles. The Kier molecular flexibility index (Phi) is 3.85. The standard InChI is InChI=1S/C16H16O3/c1-11-4-5-12(2)15(10-11)19-14-8-6-13(7-9-14)16(17)18-3/h4-10H,1-3H3. The summed E-state index contributed by atoms with van der Waals surface area (Å²) in [5, 5.41) is 0. The van der Waals surface area contributed by atoms with Crippen molar-refractivity contribution in [3.05, 3.63) is 59.2 Å². The Morgan fingerprint density at radius 3 is 2.32 bits per heavy atom. The van der Waals surface area contributed by atoms with Crippen molar-refractivity contribution in [3.8, 4) is 11.5 Å². The summed E-state index contributed by atoms with van der Waals surface area (Å²) < 4.78 is 10.5. The van der Waals surface area contributed by atoms with E-state index in [0.29, 0.717) is 11.3 Å². The van der Waals surface area contributed by atoms with Crippen LogP contribution in [0.1, 0.15) is 21.5 Å². The number of hydrogen-bond acceptors (Lipinski definition) is 3. The quantitative estimate of drug-likeness (QED) is 0.782. The van der Waals surface area contributed by atoms with E-state index in [0.717, 1.165) is 16.9 Å². The molecule has 19 heavy (non-hydrogen) atoms. The van der Waals surface area contributed by atoms with Crippen molar-refractivity contribution in [3.63, 3.8) is 0 Å². The Balaban J connectivity index is 2.19. The number of ether oxygens (including phenoxy) is 2. The first-order valence-corrected chi connectivity index (χ1v) is 6.03. The fourth-order valence-corrected chi connectivity index (χ4v) is 1.72. The second-order valence-electron chi connectivity index (χ2n) is 4.39. The molecule has 0 aliphatic carbocycles. The molecule has 3 heteroatoms. The van der Waals surface area contributed by atoms with Crippen molar-refractivity contribution >= 4 is 5.97 Å². The molecule has 0 aliphatic rings. The van der Waals surface area contributed by atoms with Crippen molar-refractivity contribution < 1.29 is 14.3 Å². The lowest BCUT2D eigenvalue weighted by Crippen LogP contribution is -2.00. The van der Waals surface area contributed by atoms with Crippen molar-refractivity contribution in [2.75, 3.05) is 7.11 Å². The molecule has 0 spiro atoms. The number of carbonyl (C=O) groups excluding carboxylic acids is 1. The second-order valence-corrected chi connectivity index (χ2v) is 4.39. The van der Waals surface area contributed by atoms with Gasteiger partial charge in [-0.05, 0) is 55.3 Å². The number of hydrogen-bond donors (Lipinski definition) is 0. The van der Waals surface area contributed by atoms with Gasteiger partial charge in [-0.1, -0.05) is 12.1 Å². The number of benzene rings is 2. The fourth-order valence-electron chi connectivity index (χ4n) is 1.72. The molecular formula is C16H16O3. The Hall–Kier alpha value is -2.29. The highest BCUT2D eigenvalue weighted by Crippen LogP contribution is 2.26. The maximum absolute atomic E-state index is 11.3. The highest BCUT2D eigenvalue weighted by Gasteiger charge is 2.06. The van der Waals surface area contributed by atoms with Gasteiger partial charge >= 0.3 is 5.97 Å². The van der Waals surface area contributed by atoms with Crippen LogP contribution in [-0.2, 0) is 4.74 Å². The van der Waals surface area contributed by atoms with Crippen LogP contribution in [0.5, 0.6) is 11.5 Å². The van der Waals surface area contributed by atoms with Crippen LogP contribution in [0.15, 0.2) is 42.5 Å². The van der Waals surface area contributed by atoms with Gasteiger partial charge in [0, 0.05) is 0 Å². The maximum Gasteiger partial charge on any atom is 0.337 e. The van der Waals surface area contributed by atoms with Crippen LogP contribution in [0.3, 0.4) is 0 Å². The Bertz CT molecular complexity index is 585. The van der Waals surface area contributed by atoms with Gasteiger partial charge in [-0.3, -0.25) is 0 Å². The zero-order chi connectivity index (χ0) is 13.8. The lowest BCUT2D eigenvalue weighted by molar-refractivity contribution is 0.0600. The first-order valence-electron chi connectivity index (χ1n) is 6.03. The molecule has 0 N–H and O–H groups in total. The molecule has 0 radical (unpaired) electrons. The summed E-state index contributed by atoms with van der Waals surface area (Å²) in [6.45, 7) is 4.02. The average Bonchev–Trinajstić information content (AvgIpc) is 2.43. The zero-order valence-corrected chi connectivity index (χ0v) is 11.3. The van der Waals surface area contributed by atoms with Crippen LogP contribution in [0.25, 0.3) is 0 Å². The number of rotatable bonds is 3. The molecule has 0 aliphatic heterocycles. The lowest BCUT2D eigenvalue weighted by Gasteiger charge is -2.09. The predicted octanol–water partition coefficient (Wildman–Crippen LogP) is 3.88. The molecule has 0 fully saturated rings. The Labute approximate surface area is 112 Å². The molecule has 98 valence electrons. The largest absolute Gasteiger partial charge is 0.465 e. The van der Waals surface area contributed by atoms with Crippen LogP contribution in [0.2, 0.25) is 0 Å². The molecule has 0 saturated heterocycles. The SMILES string of the molecule is COC(=O)c1ccc(Oc2cc(C)ccc2C)cc1. The maximum atomic E-state index is 11.3. The molecule has 0 bridgehead atoms. The summed E-state index contributed by atoms with van der Waals surface area (Å²) in [6.07, 6.45) is 0. The first-order chi connectivity index (χ1) is 9.10. The van der Waals surface area contributed by atoms with E-state index in [1.165, 1.54) is 7.11 Å². The molecule has 3 nitrogen and oxygen atoms in total. The minimum absolute atomic E-state index is 0.349. The Morgan fingerprint density at radius 1 is 1.00 bits per heavy atom. The number of aryl methyl sites for hydroxylation is 2. The minimum atomic E-state index is -0.349. The van der Waals surface area contributed by atoms with E-state index in [-0.39, 0.29) is 5.97 Å². The number of methoxy groups -OCH3 is 1. The summed E-state index contributed by atoms with van der Waals surface area (Å²) in [6, 6.07) is 12.9. The monoisotopic (exact) mass is 256 g/mol. The lowest BCUT2D eigenvalue weighted by atomic mass is 10.1. The normalized spacial score (nSPS) is 10.1. The Morgan fingerprint density at radius 2 is 1.68 bits per heavy atom. The molecule has 0 amide bonds. The summed E-state index contributed by atoms with van der Waals surface area (Å²) in [7, 11) is 1.36. The second kappa shape index (κ2) is 5.57. The molecule has 0 aromatic heterocycles. The first kappa shape index (κ1) is 13.1. The smallest absolute Gasteiger partial charge is 0.337 e. The zero-order valence-electron chi connectivity index (χ0n) is 11.3. The highest BCUT2D eigenvalue weighted by atomic mass is 16.5. The molecule has 2 aromatic carbocycles. The van der Waals surface area contributed by atoms with Crippen LogP contribution in [0.4, 0.5) is 0 Å². The van der Waals surface area contributed by atoms with E-state index < -0.39 is 0 Å². The fraction of sp³-hybridized carbons (Fsp3) is 0.188. The summed E-state index contributed by atoms with van der Waals surface area (Å²) >= 11 is 0. The third-order valence-electron chi connectivity index (χ3n) is 2.85. The third kappa shape index (κ3) is 3.13. The van der Waals surface area contributed by atoms with Crippen molar-refractivity contribution in [1.82, 2.24) is 0 Å². The van der Waals surface area contributed by atoms with Crippen LogP contribution >= 0.6 is 0 Å². The van der Waals surface area contributed by atoms with E-state index in [9.17, 15) is 4.79 Å². The van der Waals surface area contributed by atoms with Gasteiger partial charge in [0.1, 0.15) is 11.5 Å². The van der Waals surface area contributed by atoms with E-state index >= 15 is 0 Å². The molecule has 2 aromatic rings. The van der Waals surface area contributed by atoms with Gasteiger partial charge in [-0.2, -0.15) is 0 Å².